The van der Waals surface area contributed by atoms with Crippen LogP contribution in [0.3, 0.4) is 0 Å². The van der Waals surface area contributed by atoms with Gasteiger partial charge in [0.1, 0.15) is 0 Å². The molecule has 1 radical (unpaired) electrons. The van der Waals surface area contributed by atoms with Crippen LogP contribution in [0.5, 0.6) is 0 Å². The molecule has 0 spiro atoms. The number of hydrogen-bond acceptors (Lipinski definition) is 2. The molecule has 0 aliphatic heterocycles. The summed E-state index contributed by atoms with van der Waals surface area (Å²) in [5, 5.41) is 10.7. The van der Waals surface area contributed by atoms with Gasteiger partial charge in [-0.25, -0.2) is 0 Å². The van der Waals surface area contributed by atoms with Gasteiger partial charge in [0.05, 0.1) is 6.73 Å². The molecular weight excluding hydrogens is 78.0 g/mol. The lowest BCUT2D eigenvalue weighted by Gasteiger charge is -1.90. The maximum absolute atomic E-state index is 8.06. The fourth-order valence-corrected chi connectivity index (χ4v) is 0.209. The summed E-state index contributed by atoms with van der Waals surface area (Å²) >= 11 is 0. The number of hydrogen-bond donors (Lipinski definition) is 2. The lowest BCUT2D eigenvalue weighted by atomic mass is 10.5. The standard InChI is InChI=1S/C4H10NO/c1-2-3-5-4-6/h3,5-6H,2,4H2,1H3. The second-order valence-corrected chi connectivity index (χ2v) is 0.975. The molecule has 0 unspecified atom stereocenters. The van der Waals surface area contributed by atoms with Gasteiger partial charge in [-0.15, -0.1) is 0 Å². The zero-order valence-corrected chi connectivity index (χ0v) is 3.94. The van der Waals surface area contributed by atoms with Crippen LogP contribution in [0, 0.1) is 6.54 Å². The van der Waals surface area contributed by atoms with Crippen molar-refractivity contribution < 1.29 is 5.11 Å². The Bertz CT molecular complexity index is 19.5. The lowest BCUT2D eigenvalue weighted by Crippen LogP contribution is -2.09. The van der Waals surface area contributed by atoms with Gasteiger partial charge in [-0.3, -0.25) is 5.32 Å². The maximum Gasteiger partial charge on any atom is 0.0934 e. The van der Waals surface area contributed by atoms with Gasteiger partial charge >= 0.3 is 0 Å². The van der Waals surface area contributed by atoms with E-state index in [1.54, 1.807) is 6.54 Å². The van der Waals surface area contributed by atoms with E-state index in [0.29, 0.717) is 0 Å². The van der Waals surface area contributed by atoms with Crippen molar-refractivity contribution in [1.29, 1.82) is 0 Å². The van der Waals surface area contributed by atoms with Crippen LogP contribution in [0.2, 0.25) is 0 Å². The van der Waals surface area contributed by atoms with E-state index in [2.05, 4.69) is 5.32 Å². The first-order chi connectivity index (χ1) is 2.91. The minimum atomic E-state index is 0.0494. The van der Waals surface area contributed by atoms with Crippen LogP contribution in [0.1, 0.15) is 13.3 Å². The highest BCUT2D eigenvalue weighted by Crippen LogP contribution is 1.72. The van der Waals surface area contributed by atoms with E-state index in [1.165, 1.54) is 0 Å². The van der Waals surface area contributed by atoms with Crippen molar-refractivity contribution in [3.05, 3.63) is 6.54 Å². The van der Waals surface area contributed by atoms with Crippen molar-refractivity contribution in [3.63, 3.8) is 0 Å². The van der Waals surface area contributed by atoms with Gasteiger partial charge in [0.25, 0.3) is 0 Å². The Labute approximate surface area is 38.2 Å². The Morgan fingerprint density at radius 1 is 1.83 bits per heavy atom. The molecule has 0 bridgehead atoms. The molecular formula is C4H10NO. The molecule has 0 atom stereocenters. The first-order valence-electron chi connectivity index (χ1n) is 2.07. The number of rotatable bonds is 3. The quantitative estimate of drug-likeness (QED) is 0.379. The molecule has 2 nitrogen and oxygen atoms in total. The van der Waals surface area contributed by atoms with Crippen molar-refractivity contribution in [3.8, 4) is 0 Å². The van der Waals surface area contributed by atoms with E-state index in [4.69, 9.17) is 5.11 Å². The molecule has 0 aromatic carbocycles. The molecule has 0 aliphatic rings. The smallest absolute Gasteiger partial charge is 0.0934 e. The van der Waals surface area contributed by atoms with Crippen LogP contribution < -0.4 is 5.32 Å². The highest BCUT2D eigenvalue weighted by atomic mass is 16.3. The molecule has 0 aromatic heterocycles. The van der Waals surface area contributed by atoms with Crippen LogP contribution in [-0.4, -0.2) is 11.8 Å². The van der Waals surface area contributed by atoms with E-state index < -0.39 is 0 Å². The van der Waals surface area contributed by atoms with Crippen LogP contribution in [-0.2, 0) is 0 Å². The molecule has 2 N–H and O–H groups in total. The fraction of sp³-hybridized carbons (Fsp3) is 0.750. The van der Waals surface area contributed by atoms with E-state index in [9.17, 15) is 0 Å². The molecule has 0 amide bonds. The van der Waals surface area contributed by atoms with E-state index in [1.807, 2.05) is 6.92 Å². The minimum Gasteiger partial charge on any atom is -0.381 e. The molecule has 0 rings (SSSR count). The van der Waals surface area contributed by atoms with E-state index in [0.717, 1.165) is 6.42 Å². The van der Waals surface area contributed by atoms with Crippen molar-refractivity contribution in [2.75, 3.05) is 6.73 Å². The molecule has 0 aliphatic carbocycles. The Kier molecular flexibility index (Phi) is 4.85. The van der Waals surface area contributed by atoms with E-state index >= 15 is 0 Å². The molecule has 0 aromatic rings. The van der Waals surface area contributed by atoms with Crippen LogP contribution >= 0.6 is 0 Å². The largest absolute Gasteiger partial charge is 0.381 e. The zero-order valence-electron chi connectivity index (χ0n) is 3.94. The number of nitrogens with one attached hydrogen (secondary N) is 1. The number of aliphatic hydroxyl groups excluding tert-OH is 1. The molecule has 0 saturated carbocycles. The Morgan fingerprint density at radius 2 is 2.50 bits per heavy atom. The molecule has 0 saturated heterocycles. The summed E-state index contributed by atoms with van der Waals surface area (Å²) in [7, 11) is 0. The monoisotopic (exact) mass is 88.1 g/mol. The molecule has 2 heteroatoms. The maximum atomic E-state index is 8.06. The minimum absolute atomic E-state index is 0.0494. The van der Waals surface area contributed by atoms with Gasteiger partial charge in [-0.05, 0) is 6.42 Å². The normalized spacial score (nSPS) is 9.00. The van der Waals surface area contributed by atoms with Gasteiger partial charge in [0.15, 0.2) is 0 Å². The average molecular weight is 88.1 g/mol. The molecule has 0 fully saturated rings. The van der Waals surface area contributed by atoms with Crippen molar-refractivity contribution >= 4 is 0 Å². The second kappa shape index (κ2) is 4.92. The topological polar surface area (TPSA) is 32.3 Å². The van der Waals surface area contributed by atoms with Crippen molar-refractivity contribution in [2.24, 2.45) is 0 Å². The Morgan fingerprint density at radius 3 is 2.67 bits per heavy atom. The summed E-state index contributed by atoms with van der Waals surface area (Å²) in [5.74, 6) is 0. The summed E-state index contributed by atoms with van der Waals surface area (Å²) in [6.45, 7) is 3.86. The summed E-state index contributed by atoms with van der Waals surface area (Å²) in [4.78, 5) is 0. The summed E-state index contributed by atoms with van der Waals surface area (Å²) in [6.07, 6.45) is 0.959. The van der Waals surface area contributed by atoms with E-state index in [-0.39, 0.29) is 6.73 Å². The lowest BCUT2D eigenvalue weighted by molar-refractivity contribution is 0.272. The van der Waals surface area contributed by atoms with Gasteiger partial charge in [-0.1, -0.05) is 6.92 Å². The average Bonchev–Trinajstić information content (AvgIpc) is 1.61. The highest BCUT2D eigenvalue weighted by molar-refractivity contribution is 4.51. The summed E-state index contributed by atoms with van der Waals surface area (Å²) in [6, 6.07) is 0. The third-order valence-electron chi connectivity index (χ3n) is 0.440. The van der Waals surface area contributed by atoms with Crippen molar-refractivity contribution in [2.45, 2.75) is 13.3 Å². The Balaban J connectivity index is 2.34. The van der Waals surface area contributed by atoms with Gasteiger partial charge in [0.2, 0.25) is 0 Å². The van der Waals surface area contributed by atoms with Gasteiger partial charge in [0, 0.05) is 6.54 Å². The van der Waals surface area contributed by atoms with Crippen molar-refractivity contribution in [1.82, 2.24) is 5.32 Å². The van der Waals surface area contributed by atoms with Crippen LogP contribution in [0.15, 0.2) is 0 Å². The second-order valence-electron chi connectivity index (χ2n) is 0.975. The first kappa shape index (κ1) is 5.92. The fourth-order valence-electron chi connectivity index (χ4n) is 0.209. The highest BCUT2D eigenvalue weighted by Gasteiger charge is 1.73. The predicted molar refractivity (Wildman–Crippen MR) is 24.8 cm³/mol. The molecule has 37 valence electrons. The molecule has 0 heterocycles. The third-order valence-corrected chi connectivity index (χ3v) is 0.440. The van der Waals surface area contributed by atoms with Crippen LogP contribution in [0.25, 0.3) is 0 Å². The summed E-state index contributed by atoms with van der Waals surface area (Å²) in [5.41, 5.74) is 0. The SMILES string of the molecule is CC[CH]NCO. The zero-order chi connectivity index (χ0) is 4.83. The number of aliphatic hydroxyl groups is 1. The molecule has 6 heavy (non-hydrogen) atoms. The summed E-state index contributed by atoms with van der Waals surface area (Å²) < 4.78 is 0. The van der Waals surface area contributed by atoms with Gasteiger partial charge < -0.3 is 5.11 Å². The third kappa shape index (κ3) is 3.92. The first-order valence-corrected chi connectivity index (χ1v) is 2.07. The Hall–Kier alpha value is -0.0800. The van der Waals surface area contributed by atoms with Crippen LogP contribution in [0.4, 0.5) is 0 Å². The van der Waals surface area contributed by atoms with Gasteiger partial charge in [-0.2, -0.15) is 0 Å². The predicted octanol–water partition coefficient (Wildman–Crippen LogP) is 0.0976.